The van der Waals surface area contributed by atoms with Crippen LogP contribution in [0.4, 0.5) is 0 Å². The fourth-order valence-corrected chi connectivity index (χ4v) is 2.38. The van der Waals surface area contributed by atoms with E-state index in [4.69, 9.17) is 13.9 Å². The first-order chi connectivity index (χ1) is 8.26. The maximum atomic E-state index is 5.60. The molecule has 1 heterocycles. The van der Waals surface area contributed by atoms with Gasteiger partial charge in [-0.1, -0.05) is 0 Å². The molecule has 4 nitrogen and oxygen atoms in total. The minimum Gasteiger partial charge on any atom is -0.468 e. The molecule has 1 saturated carbocycles. The van der Waals surface area contributed by atoms with E-state index in [1.165, 1.54) is 0 Å². The molecule has 0 aliphatic heterocycles. The van der Waals surface area contributed by atoms with Crippen LogP contribution in [-0.2, 0) is 9.47 Å². The molecule has 1 fully saturated rings. The number of rotatable bonds is 6. The summed E-state index contributed by atoms with van der Waals surface area (Å²) in [4.78, 5) is 0. The predicted molar refractivity (Wildman–Crippen MR) is 64.9 cm³/mol. The van der Waals surface area contributed by atoms with Gasteiger partial charge in [-0.3, -0.25) is 0 Å². The van der Waals surface area contributed by atoms with Crippen molar-refractivity contribution in [1.29, 1.82) is 0 Å². The normalized spacial score (nSPS) is 29.9. The topological polar surface area (TPSA) is 43.6 Å². The fraction of sp³-hybridized carbons (Fsp3) is 0.692. The van der Waals surface area contributed by atoms with Gasteiger partial charge in [-0.05, 0) is 32.4 Å². The van der Waals surface area contributed by atoms with Crippen LogP contribution in [0.1, 0.15) is 32.1 Å². The molecule has 2 rings (SSSR count). The van der Waals surface area contributed by atoms with Crippen molar-refractivity contribution >= 4 is 0 Å². The lowest BCUT2D eigenvalue weighted by Gasteiger charge is -2.44. The van der Waals surface area contributed by atoms with Crippen molar-refractivity contribution in [3.8, 4) is 0 Å². The highest BCUT2D eigenvalue weighted by atomic mass is 16.5. The first kappa shape index (κ1) is 12.6. The van der Waals surface area contributed by atoms with E-state index in [0.29, 0.717) is 6.04 Å². The lowest BCUT2D eigenvalue weighted by atomic mass is 9.84. The van der Waals surface area contributed by atoms with E-state index in [0.717, 1.165) is 18.8 Å². The smallest absolute Gasteiger partial charge is 0.120 e. The standard InChI is InChI=1S/C13H21NO3/c1-4-16-12-8-10(13(12)15-3)14-9(2)11-6-5-7-17-11/h5-7,9-10,12-14H,4,8H2,1-3H3/t9-,10?,12?,13?/m1/s1. The first-order valence-electron chi connectivity index (χ1n) is 6.20. The van der Waals surface area contributed by atoms with Crippen LogP contribution < -0.4 is 5.32 Å². The molecule has 1 aromatic rings. The van der Waals surface area contributed by atoms with E-state index in [-0.39, 0.29) is 18.2 Å². The van der Waals surface area contributed by atoms with Crippen LogP contribution in [0, 0.1) is 0 Å². The molecule has 0 amide bonds. The Kier molecular flexibility index (Phi) is 4.20. The molecule has 0 radical (unpaired) electrons. The molecule has 17 heavy (non-hydrogen) atoms. The second-order valence-electron chi connectivity index (χ2n) is 4.44. The summed E-state index contributed by atoms with van der Waals surface area (Å²) in [5.41, 5.74) is 0. The quantitative estimate of drug-likeness (QED) is 0.826. The summed E-state index contributed by atoms with van der Waals surface area (Å²) < 4.78 is 16.4. The molecular weight excluding hydrogens is 218 g/mol. The maximum Gasteiger partial charge on any atom is 0.120 e. The van der Waals surface area contributed by atoms with E-state index >= 15 is 0 Å². The molecule has 4 atom stereocenters. The summed E-state index contributed by atoms with van der Waals surface area (Å²) >= 11 is 0. The van der Waals surface area contributed by atoms with E-state index in [1.54, 1.807) is 13.4 Å². The minimum absolute atomic E-state index is 0.146. The first-order valence-corrected chi connectivity index (χ1v) is 6.20. The van der Waals surface area contributed by atoms with Crippen molar-refractivity contribution in [3.63, 3.8) is 0 Å². The monoisotopic (exact) mass is 239 g/mol. The van der Waals surface area contributed by atoms with Crippen LogP contribution in [0.5, 0.6) is 0 Å². The zero-order chi connectivity index (χ0) is 12.3. The highest BCUT2D eigenvalue weighted by molar-refractivity contribution is 5.06. The summed E-state index contributed by atoms with van der Waals surface area (Å²) in [6.45, 7) is 4.85. The van der Waals surface area contributed by atoms with Gasteiger partial charge in [0.1, 0.15) is 5.76 Å². The lowest BCUT2D eigenvalue weighted by molar-refractivity contribution is -0.133. The van der Waals surface area contributed by atoms with Crippen molar-refractivity contribution in [2.45, 2.75) is 44.6 Å². The molecule has 1 aromatic heterocycles. The molecule has 0 bridgehead atoms. The molecule has 3 unspecified atom stereocenters. The Hall–Kier alpha value is -0.840. The SMILES string of the molecule is CCOC1CC(N[C@H](C)c2ccco2)C1OC. The Labute approximate surface area is 102 Å². The zero-order valence-electron chi connectivity index (χ0n) is 10.7. The average molecular weight is 239 g/mol. The Morgan fingerprint density at radius 2 is 2.41 bits per heavy atom. The van der Waals surface area contributed by atoms with Gasteiger partial charge in [0.2, 0.25) is 0 Å². The molecule has 0 saturated heterocycles. The predicted octanol–water partition coefficient (Wildman–Crippen LogP) is 2.12. The summed E-state index contributed by atoms with van der Waals surface area (Å²) in [5.74, 6) is 0.958. The van der Waals surface area contributed by atoms with Crippen molar-refractivity contribution in [2.75, 3.05) is 13.7 Å². The van der Waals surface area contributed by atoms with Crippen LogP contribution in [0.25, 0.3) is 0 Å². The van der Waals surface area contributed by atoms with Gasteiger partial charge in [-0.25, -0.2) is 0 Å². The summed E-state index contributed by atoms with van der Waals surface area (Å²) in [6.07, 6.45) is 3.07. The van der Waals surface area contributed by atoms with Gasteiger partial charge in [0.05, 0.1) is 24.5 Å². The van der Waals surface area contributed by atoms with Crippen LogP contribution in [0.3, 0.4) is 0 Å². The van der Waals surface area contributed by atoms with Gasteiger partial charge in [0, 0.05) is 19.8 Å². The van der Waals surface area contributed by atoms with E-state index < -0.39 is 0 Å². The fourth-order valence-electron chi connectivity index (χ4n) is 2.38. The Morgan fingerprint density at radius 3 is 3.00 bits per heavy atom. The number of nitrogens with one attached hydrogen (secondary N) is 1. The summed E-state index contributed by atoms with van der Waals surface area (Å²) in [7, 11) is 1.74. The number of ether oxygens (including phenoxy) is 2. The van der Waals surface area contributed by atoms with Crippen molar-refractivity contribution in [2.24, 2.45) is 0 Å². The Balaban J connectivity index is 1.84. The third-order valence-electron chi connectivity index (χ3n) is 3.34. The van der Waals surface area contributed by atoms with Gasteiger partial charge < -0.3 is 19.2 Å². The Bertz CT molecular complexity index is 325. The molecule has 1 aliphatic rings. The zero-order valence-corrected chi connectivity index (χ0v) is 10.7. The third kappa shape index (κ3) is 2.70. The van der Waals surface area contributed by atoms with Crippen LogP contribution in [0.15, 0.2) is 22.8 Å². The third-order valence-corrected chi connectivity index (χ3v) is 3.34. The van der Waals surface area contributed by atoms with Crippen molar-refractivity contribution < 1.29 is 13.9 Å². The molecular formula is C13H21NO3. The minimum atomic E-state index is 0.146. The average Bonchev–Trinajstić information content (AvgIpc) is 2.81. The largest absolute Gasteiger partial charge is 0.468 e. The van der Waals surface area contributed by atoms with Crippen molar-refractivity contribution in [3.05, 3.63) is 24.2 Å². The molecule has 0 spiro atoms. The highest BCUT2D eigenvalue weighted by Gasteiger charge is 2.42. The highest BCUT2D eigenvalue weighted by Crippen LogP contribution is 2.29. The van der Waals surface area contributed by atoms with E-state index in [1.807, 2.05) is 19.1 Å². The van der Waals surface area contributed by atoms with E-state index in [9.17, 15) is 0 Å². The number of hydrogen-bond acceptors (Lipinski definition) is 4. The molecule has 0 aromatic carbocycles. The summed E-state index contributed by atoms with van der Waals surface area (Å²) in [5, 5.41) is 3.51. The second kappa shape index (κ2) is 5.67. The maximum absolute atomic E-state index is 5.60. The molecule has 4 heteroatoms. The van der Waals surface area contributed by atoms with Gasteiger partial charge in [0.25, 0.3) is 0 Å². The summed E-state index contributed by atoms with van der Waals surface area (Å²) in [6, 6.07) is 4.44. The number of methoxy groups -OCH3 is 1. The van der Waals surface area contributed by atoms with E-state index in [2.05, 4.69) is 12.2 Å². The molecule has 1 aliphatic carbocycles. The Morgan fingerprint density at radius 1 is 1.59 bits per heavy atom. The molecule has 1 N–H and O–H groups in total. The van der Waals surface area contributed by atoms with Gasteiger partial charge in [-0.2, -0.15) is 0 Å². The number of hydrogen-bond donors (Lipinski definition) is 1. The lowest BCUT2D eigenvalue weighted by Crippen LogP contribution is -2.60. The molecule has 96 valence electrons. The van der Waals surface area contributed by atoms with Gasteiger partial charge >= 0.3 is 0 Å². The van der Waals surface area contributed by atoms with Crippen molar-refractivity contribution in [1.82, 2.24) is 5.32 Å². The second-order valence-corrected chi connectivity index (χ2v) is 4.44. The van der Waals surface area contributed by atoms with Gasteiger partial charge in [-0.15, -0.1) is 0 Å². The number of furan rings is 1. The van der Waals surface area contributed by atoms with Gasteiger partial charge in [0.15, 0.2) is 0 Å². The van der Waals surface area contributed by atoms with Crippen LogP contribution in [-0.4, -0.2) is 32.0 Å². The van der Waals surface area contributed by atoms with Crippen LogP contribution in [0.2, 0.25) is 0 Å². The van der Waals surface area contributed by atoms with Crippen LogP contribution >= 0.6 is 0 Å².